The van der Waals surface area contributed by atoms with E-state index in [0.29, 0.717) is 12.8 Å². The highest BCUT2D eigenvalue weighted by Crippen LogP contribution is 2.33. The lowest BCUT2D eigenvalue weighted by molar-refractivity contribution is -0.137. The number of rotatable bonds is 6. The van der Waals surface area contributed by atoms with Crippen molar-refractivity contribution >= 4 is 5.69 Å². The first-order chi connectivity index (χ1) is 11.9. The fraction of sp³-hybridized carbons (Fsp3) is 0.533. The molecule has 25 heavy (non-hydrogen) atoms. The predicted octanol–water partition coefficient (Wildman–Crippen LogP) is 1.81. The minimum atomic E-state index is -4.48. The van der Waals surface area contributed by atoms with E-state index < -0.39 is 11.7 Å². The Labute approximate surface area is 142 Å². The molecule has 0 radical (unpaired) electrons. The number of fused-ring (bicyclic) bond motifs is 1. The normalized spacial score (nSPS) is 15.7. The van der Waals surface area contributed by atoms with Crippen LogP contribution in [0.4, 0.5) is 18.9 Å². The van der Waals surface area contributed by atoms with Gasteiger partial charge in [0.2, 0.25) is 0 Å². The Morgan fingerprint density at radius 2 is 2.16 bits per heavy atom. The topological polar surface area (TPSA) is 76.9 Å². The summed E-state index contributed by atoms with van der Waals surface area (Å²) in [7, 11) is 0. The zero-order valence-corrected chi connectivity index (χ0v) is 13.7. The molecule has 0 saturated carbocycles. The lowest BCUT2D eigenvalue weighted by Gasteiger charge is -2.18. The van der Waals surface area contributed by atoms with Crippen LogP contribution in [0.1, 0.15) is 23.9 Å². The summed E-state index contributed by atoms with van der Waals surface area (Å²) in [6.45, 7) is 4.77. The van der Waals surface area contributed by atoms with Gasteiger partial charge in [0.1, 0.15) is 5.56 Å². The molecule has 0 aromatic carbocycles. The molecule has 1 aliphatic heterocycles. The molecule has 3 rings (SSSR count). The summed E-state index contributed by atoms with van der Waals surface area (Å²) in [5.41, 5.74) is 0.965. The second-order valence-electron chi connectivity index (χ2n) is 5.90. The van der Waals surface area contributed by atoms with Crippen molar-refractivity contribution in [3.05, 3.63) is 35.4 Å². The highest BCUT2D eigenvalue weighted by molar-refractivity contribution is 5.50. The molecule has 0 saturated heterocycles. The third-order valence-corrected chi connectivity index (χ3v) is 3.78. The van der Waals surface area contributed by atoms with Crippen LogP contribution in [0.25, 0.3) is 0 Å². The van der Waals surface area contributed by atoms with Crippen LogP contribution in [0.2, 0.25) is 0 Å². The van der Waals surface area contributed by atoms with Gasteiger partial charge in [-0.1, -0.05) is 0 Å². The third-order valence-electron chi connectivity index (χ3n) is 3.78. The van der Waals surface area contributed by atoms with Crippen molar-refractivity contribution in [1.29, 1.82) is 0 Å². The zero-order valence-electron chi connectivity index (χ0n) is 13.7. The molecule has 2 aromatic heterocycles. The predicted molar refractivity (Wildman–Crippen MR) is 83.7 cm³/mol. The van der Waals surface area contributed by atoms with E-state index in [0.717, 1.165) is 37.2 Å². The molecule has 0 spiro atoms. The van der Waals surface area contributed by atoms with Crippen molar-refractivity contribution < 1.29 is 17.9 Å². The maximum absolute atomic E-state index is 12.9. The number of hydrogen-bond donors (Lipinski definition) is 2. The third kappa shape index (κ3) is 4.45. The standard InChI is InChI=1S/C15H19F3N6O/c1-10(22-14-7-21-20-6-13(14)15(16,17)18)8-25-9-11-4-12-5-19-2-3-24(12)23-11/h4,6-7,10,19H,2-3,5,8-9H2,1H3,(H,20,22). The molecule has 0 fully saturated rings. The molecule has 10 heteroatoms. The Morgan fingerprint density at radius 1 is 1.36 bits per heavy atom. The summed E-state index contributed by atoms with van der Waals surface area (Å²) in [4.78, 5) is 0. The zero-order chi connectivity index (χ0) is 17.9. The summed E-state index contributed by atoms with van der Waals surface area (Å²) >= 11 is 0. The van der Waals surface area contributed by atoms with Gasteiger partial charge in [-0.3, -0.25) is 4.68 Å². The van der Waals surface area contributed by atoms with Gasteiger partial charge in [-0.05, 0) is 13.0 Å². The first-order valence-electron chi connectivity index (χ1n) is 7.92. The van der Waals surface area contributed by atoms with Gasteiger partial charge < -0.3 is 15.4 Å². The Morgan fingerprint density at radius 3 is 2.92 bits per heavy atom. The van der Waals surface area contributed by atoms with Crippen molar-refractivity contribution in [2.24, 2.45) is 0 Å². The van der Waals surface area contributed by atoms with E-state index in [-0.39, 0.29) is 18.3 Å². The van der Waals surface area contributed by atoms with Crippen molar-refractivity contribution in [1.82, 2.24) is 25.3 Å². The largest absolute Gasteiger partial charge is 0.420 e. The Bertz CT molecular complexity index is 694. The average Bonchev–Trinajstić information content (AvgIpc) is 2.97. The smallest absolute Gasteiger partial charge is 0.378 e. The van der Waals surface area contributed by atoms with Crippen LogP contribution in [0.3, 0.4) is 0 Å². The number of nitrogens with zero attached hydrogens (tertiary/aromatic N) is 4. The van der Waals surface area contributed by atoms with Crippen molar-refractivity contribution in [3.63, 3.8) is 0 Å². The minimum absolute atomic E-state index is 0.109. The van der Waals surface area contributed by atoms with Gasteiger partial charge in [-0.2, -0.15) is 28.5 Å². The van der Waals surface area contributed by atoms with Gasteiger partial charge in [0.25, 0.3) is 0 Å². The summed E-state index contributed by atoms with van der Waals surface area (Å²) in [5, 5.41) is 17.3. The lowest BCUT2D eigenvalue weighted by atomic mass is 10.2. The van der Waals surface area contributed by atoms with E-state index in [1.54, 1.807) is 6.92 Å². The summed E-state index contributed by atoms with van der Waals surface area (Å²) < 4.78 is 46.3. The maximum atomic E-state index is 12.9. The molecule has 0 amide bonds. The summed E-state index contributed by atoms with van der Waals surface area (Å²) in [6.07, 6.45) is -2.71. The SMILES string of the molecule is CC(COCc1cc2n(n1)CCNC2)Nc1cnncc1C(F)(F)F. The van der Waals surface area contributed by atoms with Gasteiger partial charge in [0, 0.05) is 19.1 Å². The molecular formula is C15H19F3N6O. The summed E-state index contributed by atoms with van der Waals surface area (Å²) in [5.74, 6) is 0. The Balaban J connectivity index is 1.52. The number of aromatic nitrogens is 4. The maximum Gasteiger partial charge on any atom is 0.420 e. The molecule has 2 N–H and O–H groups in total. The van der Waals surface area contributed by atoms with Crippen LogP contribution in [0.15, 0.2) is 18.5 Å². The van der Waals surface area contributed by atoms with Crippen molar-refractivity contribution in [2.45, 2.75) is 38.8 Å². The molecular weight excluding hydrogens is 337 g/mol. The minimum Gasteiger partial charge on any atom is -0.378 e. The summed E-state index contributed by atoms with van der Waals surface area (Å²) in [6, 6.07) is 1.64. The molecule has 2 aromatic rings. The van der Waals surface area contributed by atoms with Crippen LogP contribution in [0.5, 0.6) is 0 Å². The van der Waals surface area contributed by atoms with Gasteiger partial charge in [-0.25, -0.2) is 0 Å². The first-order valence-corrected chi connectivity index (χ1v) is 7.92. The molecule has 7 nitrogen and oxygen atoms in total. The number of hydrogen-bond acceptors (Lipinski definition) is 6. The molecule has 3 heterocycles. The number of halogens is 3. The van der Waals surface area contributed by atoms with Crippen LogP contribution < -0.4 is 10.6 Å². The average molecular weight is 356 g/mol. The van der Waals surface area contributed by atoms with Gasteiger partial charge in [-0.15, -0.1) is 0 Å². The lowest BCUT2D eigenvalue weighted by Crippen LogP contribution is -2.28. The molecule has 136 valence electrons. The van der Waals surface area contributed by atoms with Gasteiger partial charge in [0.05, 0.1) is 49.2 Å². The highest BCUT2D eigenvalue weighted by Gasteiger charge is 2.34. The Kier molecular flexibility index (Phi) is 5.19. The van der Waals surface area contributed by atoms with Gasteiger partial charge >= 0.3 is 6.18 Å². The van der Waals surface area contributed by atoms with Crippen molar-refractivity contribution in [3.8, 4) is 0 Å². The number of alkyl halides is 3. The quantitative estimate of drug-likeness (QED) is 0.822. The molecule has 0 aliphatic carbocycles. The van der Waals surface area contributed by atoms with Crippen LogP contribution in [-0.2, 0) is 30.6 Å². The van der Waals surface area contributed by atoms with Crippen LogP contribution in [0, 0.1) is 0 Å². The second-order valence-corrected chi connectivity index (χ2v) is 5.90. The van der Waals surface area contributed by atoms with Gasteiger partial charge in [0.15, 0.2) is 0 Å². The molecule has 1 atom stereocenters. The van der Waals surface area contributed by atoms with E-state index in [4.69, 9.17) is 4.74 Å². The fourth-order valence-electron chi connectivity index (χ4n) is 2.63. The highest BCUT2D eigenvalue weighted by atomic mass is 19.4. The van der Waals surface area contributed by atoms with E-state index >= 15 is 0 Å². The number of ether oxygens (including phenoxy) is 1. The van der Waals surface area contributed by atoms with Crippen LogP contribution in [-0.4, -0.2) is 39.2 Å². The monoisotopic (exact) mass is 356 g/mol. The molecule has 1 unspecified atom stereocenters. The van der Waals surface area contributed by atoms with Crippen LogP contribution >= 0.6 is 0 Å². The molecule has 0 bridgehead atoms. The van der Waals surface area contributed by atoms with E-state index in [2.05, 4.69) is 25.9 Å². The fourth-order valence-corrected chi connectivity index (χ4v) is 2.63. The Hall–Kier alpha value is -2.20. The van der Waals surface area contributed by atoms with Crippen molar-refractivity contribution in [2.75, 3.05) is 18.5 Å². The first kappa shape index (κ1) is 17.6. The second kappa shape index (κ2) is 7.36. The van der Waals surface area contributed by atoms with E-state index in [9.17, 15) is 13.2 Å². The van der Waals surface area contributed by atoms with E-state index in [1.165, 1.54) is 0 Å². The molecule has 1 aliphatic rings. The van der Waals surface area contributed by atoms with E-state index in [1.807, 2.05) is 10.7 Å². The number of nitrogens with one attached hydrogen (secondary N) is 2. The number of anilines is 1.